The minimum atomic E-state index is 0.385. The third-order valence-electron chi connectivity index (χ3n) is 4.15. The van der Waals surface area contributed by atoms with Crippen LogP contribution < -0.4 is 5.73 Å². The van der Waals surface area contributed by atoms with E-state index in [2.05, 4.69) is 35.2 Å². The molecule has 2 atom stereocenters. The van der Waals surface area contributed by atoms with E-state index in [1.54, 1.807) is 0 Å². The van der Waals surface area contributed by atoms with E-state index in [0.29, 0.717) is 5.54 Å². The van der Waals surface area contributed by atoms with E-state index in [1.807, 2.05) is 0 Å². The maximum absolute atomic E-state index is 5.91. The van der Waals surface area contributed by atoms with Crippen molar-refractivity contribution < 1.29 is 0 Å². The molecule has 0 amide bonds. The van der Waals surface area contributed by atoms with Gasteiger partial charge in [-0.15, -0.1) is 0 Å². The molecule has 1 aromatic carbocycles. The molecule has 0 radical (unpaired) electrons. The number of piperidine rings is 1. The van der Waals surface area contributed by atoms with Crippen molar-refractivity contribution in [1.82, 2.24) is 4.90 Å². The van der Waals surface area contributed by atoms with Gasteiger partial charge in [0.2, 0.25) is 0 Å². The zero-order valence-corrected chi connectivity index (χ0v) is 9.02. The van der Waals surface area contributed by atoms with Gasteiger partial charge in [-0.2, -0.15) is 0 Å². The first kappa shape index (κ1) is 9.37. The molecule has 2 fully saturated rings. The van der Waals surface area contributed by atoms with Gasteiger partial charge in [-0.1, -0.05) is 30.3 Å². The quantitative estimate of drug-likeness (QED) is 0.807. The highest BCUT2D eigenvalue weighted by molar-refractivity contribution is 5.20. The molecular weight excluding hydrogens is 184 g/mol. The third-order valence-corrected chi connectivity index (χ3v) is 4.15. The maximum Gasteiger partial charge on any atom is 0.0367 e. The van der Waals surface area contributed by atoms with E-state index < -0.39 is 0 Å². The second-order valence-corrected chi connectivity index (χ2v) is 4.90. The van der Waals surface area contributed by atoms with Crippen molar-refractivity contribution in [2.24, 2.45) is 11.7 Å². The second-order valence-electron chi connectivity index (χ2n) is 4.90. The summed E-state index contributed by atoms with van der Waals surface area (Å²) in [4.78, 5) is 2.59. The Morgan fingerprint density at radius 3 is 2.80 bits per heavy atom. The number of hydrogen-bond donors (Lipinski definition) is 1. The normalized spacial score (nSPS) is 34.1. The Balaban J connectivity index is 1.74. The highest BCUT2D eigenvalue weighted by Gasteiger charge is 2.60. The molecule has 2 heteroatoms. The number of fused-ring (bicyclic) bond motifs is 1. The molecule has 0 aromatic heterocycles. The molecule has 1 saturated carbocycles. The van der Waals surface area contributed by atoms with Crippen molar-refractivity contribution in [1.29, 1.82) is 0 Å². The largest absolute Gasteiger partial charge is 0.329 e. The number of likely N-dealkylation sites (tertiary alicyclic amines) is 1. The lowest BCUT2D eigenvalue weighted by molar-refractivity contribution is 0.206. The molecule has 1 saturated heterocycles. The molecule has 1 heterocycles. The van der Waals surface area contributed by atoms with Crippen molar-refractivity contribution in [3.05, 3.63) is 35.9 Å². The molecule has 3 rings (SSSR count). The van der Waals surface area contributed by atoms with E-state index in [0.717, 1.165) is 19.0 Å². The fourth-order valence-electron chi connectivity index (χ4n) is 3.08. The number of rotatable bonds is 3. The maximum atomic E-state index is 5.91. The molecule has 1 aliphatic carbocycles. The lowest BCUT2D eigenvalue weighted by Crippen LogP contribution is -2.40. The van der Waals surface area contributed by atoms with Crippen LogP contribution in [0.25, 0.3) is 0 Å². The lowest BCUT2D eigenvalue weighted by Gasteiger charge is -2.27. The van der Waals surface area contributed by atoms with E-state index in [1.165, 1.54) is 24.9 Å². The van der Waals surface area contributed by atoms with Crippen LogP contribution in [-0.4, -0.2) is 23.5 Å². The molecular formula is C13H18N2. The van der Waals surface area contributed by atoms with Crippen LogP contribution >= 0.6 is 0 Å². The Bertz CT molecular complexity index is 345. The van der Waals surface area contributed by atoms with Crippen LogP contribution in [0, 0.1) is 5.92 Å². The van der Waals surface area contributed by atoms with E-state index in [4.69, 9.17) is 5.73 Å². The first-order chi connectivity index (χ1) is 7.35. The molecule has 2 N–H and O–H groups in total. The van der Waals surface area contributed by atoms with Crippen LogP contribution in [0.3, 0.4) is 0 Å². The first-order valence-electron chi connectivity index (χ1n) is 5.84. The molecule has 0 bridgehead atoms. The molecule has 15 heavy (non-hydrogen) atoms. The standard InChI is InChI=1S/C13H18N2/c14-10-13-8-12(13)6-7-15(13)9-11-4-2-1-3-5-11/h1-5,12H,6-10,14H2/t12-,13-/m1/s1. The average molecular weight is 202 g/mol. The molecule has 80 valence electrons. The highest BCUT2D eigenvalue weighted by atomic mass is 15.3. The van der Waals surface area contributed by atoms with Gasteiger partial charge in [-0.05, 0) is 30.9 Å². The summed E-state index contributed by atoms with van der Waals surface area (Å²) in [6.07, 6.45) is 2.68. The molecule has 2 nitrogen and oxygen atoms in total. The molecule has 0 unspecified atom stereocenters. The summed E-state index contributed by atoms with van der Waals surface area (Å²) in [5.41, 5.74) is 7.71. The number of hydrogen-bond acceptors (Lipinski definition) is 2. The number of nitrogens with two attached hydrogens (primary N) is 1. The van der Waals surface area contributed by atoms with Crippen LogP contribution in [0.1, 0.15) is 18.4 Å². The number of nitrogens with zero attached hydrogens (tertiary/aromatic N) is 1. The summed E-state index contributed by atoms with van der Waals surface area (Å²) >= 11 is 0. The monoisotopic (exact) mass is 202 g/mol. The Hall–Kier alpha value is -0.860. The van der Waals surface area contributed by atoms with Crippen LogP contribution in [-0.2, 0) is 6.54 Å². The fraction of sp³-hybridized carbons (Fsp3) is 0.538. The summed E-state index contributed by atoms with van der Waals surface area (Å²) in [5.74, 6) is 0.895. The van der Waals surface area contributed by atoms with E-state index in [-0.39, 0.29) is 0 Å². The van der Waals surface area contributed by atoms with Gasteiger partial charge in [0.05, 0.1) is 0 Å². The summed E-state index contributed by atoms with van der Waals surface area (Å²) in [6, 6.07) is 10.7. The fourth-order valence-corrected chi connectivity index (χ4v) is 3.08. The van der Waals surface area contributed by atoms with Gasteiger partial charge in [-0.25, -0.2) is 0 Å². The average Bonchev–Trinajstić information content (AvgIpc) is 2.92. The van der Waals surface area contributed by atoms with Crippen LogP contribution in [0.5, 0.6) is 0 Å². The predicted octanol–water partition coefficient (Wildman–Crippen LogP) is 1.61. The summed E-state index contributed by atoms with van der Waals surface area (Å²) < 4.78 is 0. The summed E-state index contributed by atoms with van der Waals surface area (Å²) in [6.45, 7) is 3.15. The Labute approximate surface area is 91.1 Å². The zero-order chi connectivity index (χ0) is 10.3. The molecule has 2 aliphatic rings. The molecule has 1 aliphatic heterocycles. The van der Waals surface area contributed by atoms with Crippen molar-refractivity contribution in [3.8, 4) is 0 Å². The van der Waals surface area contributed by atoms with Crippen molar-refractivity contribution in [3.63, 3.8) is 0 Å². The predicted molar refractivity (Wildman–Crippen MR) is 61.4 cm³/mol. The molecule has 1 aromatic rings. The topological polar surface area (TPSA) is 29.3 Å². The highest BCUT2D eigenvalue weighted by Crippen LogP contribution is 2.55. The minimum absolute atomic E-state index is 0.385. The van der Waals surface area contributed by atoms with E-state index >= 15 is 0 Å². The second kappa shape index (κ2) is 3.32. The Kier molecular flexibility index (Phi) is 2.08. The minimum Gasteiger partial charge on any atom is -0.329 e. The Morgan fingerprint density at radius 2 is 2.13 bits per heavy atom. The summed E-state index contributed by atoms with van der Waals surface area (Å²) in [7, 11) is 0. The van der Waals surface area contributed by atoms with Gasteiger partial charge in [0.15, 0.2) is 0 Å². The van der Waals surface area contributed by atoms with Crippen molar-refractivity contribution in [2.45, 2.75) is 24.9 Å². The summed E-state index contributed by atoms with van der Waals surface area (Å²) in [5, 5.41) is 0. The van der Waals surface area contributed by atoms with Gasteiger partial charge in [0.25, 0.3) is 0 Å². The Morgan fingerprint density at radius 1 is 1.33 bits per heavy atom. The number of benzene rings is 1. The SMILES string of the molecule is NC[C@]12C[C@H]1CCN2Cc1ccccc1. The molecule has 0 spiro atoms. The van der Waals surface area contributed by atoms with Gasteiger partial charge in [0.1, 0.15) is 0 Å². The van der Waals surface area contributed by atoms with Gasteiger partial charge >= 0.3 is 0 Å². The van der Waals surface area contributed by atoms with Crippen molar-refractivity contribution in [2.75, 3.05) is 13.1 Å². The lowest BCUT2D eigenvalue weighted by atomic mass is 10.1. The third kappa shape index (κ3) is 1.40. The van der Waals surface area contributed by atoms with Gasteiger partial charge in [-0.3, -0.25) is 4.90 Å². The smallest absolute Gasteiger partial charge is 0.0367 e. The first-order valence-corrected chi connectivity index (χ1v) is 5.84. The van der Waals surface area contributed by atoms with Crippen LogP contribution in [0.4, 0.5) is 0 Å². The zero-order valence-electron chi connectivity index (χ0n) is 9.02. The van der Waals surface area contributed by atoms with Crippen LogP contribution in [0.2, 0.25) is 0 Å². The van der Waals surface area contributed by atoms with Gasteiger partial charge < -0.3 is 5.73 Å². The van der Waals surface area contributed by atoms with Gasteiger partial charge in [0, 0.05) is 18.6 Å². The van der Waals surface area contributed by atoms with Crippen molar-refractivity contribution >= 4 is 0 Å². The van der Waals surface area contributed by atoms with E-state index in [9.17, 15) is 0 Å². The van der Waals surface area contributed by atoms with Crippen LogP contribution in [0.15, 0.2) is 30.3 Å².